The van der Waals surface area contributed by atoms with Gasteiger partial charge in [0.2, 0.25) is 0 Å². The molecular formula is C19H18N4O3. The minimum absolute atomic E-state index is 0.0642. The molecule has 1 N–H and O–H groups in total. The van der Waals surface area contributed by atoms with Crippen LogP contribution in [0.3, 0.4) is 0 Å². The second kappa shape index (κ2) is 6.68. The Labute approximate surface area is 149 Å². The topological polar surface area (TPSA) is 88.2 Å². The molecule has 7 nitrogen and oxygen atoms in total. The van der Waals surface area contributed by atoms with E-state index in [0.717, 1.165) is 10.9 Å². The van der Waals surface area contributed by atoms with Crippen LogP contribution in [0.15, 0.2) is 47.4 Å². The first kappa shape index (κ1) is 16.4. The van der Waals surface area contributed by atoms with Crippen LogP contribution in [0.4, 0.5) is 0 Å². The average molecular weight is 350 g/mol. The summed E-state index contributed by atoms with van der Waals surface area (Å²) in [6.07, 6.45) is 1.32. The van der Waals surface area contributed by atoms with Crippen LogP contribution in [0.5, 0.6) is 0 Å². The highest BCUT2D eigenvalue weighted by Gasteiger charge is 2.27. The number of nitrogens with one attached hydrogen (secondary N) is 1. The molecule has 1 fully saturated rings. The third kappa shape index (κ3) is 3.21. The summed E-state index contributed by atoms with van der Waals surface area (Å²) in [5.74, 6) is 0.465. The zero-order chi connectivity index (χ0) is 18.1. The maximum Gasteiger partial charge on any atom is 0.254 e. The molecule has 7 heteroatoms. The number of pyridine rings is 1. The highest BCUT2D eigenvalue weighted by Crippen LogP contribution is 2.22. The van der Waals surface area contributed by atoms with E-state index in [-0.39, 0.29) is 11.5 Å². The number of aromatic amines is 1. The number of benzene rings is 1. The second-order valence-corrected chi connectivity index (χ2v) is 6.28. The van der Waals surface area contributed by atoms with Gasteiger partial charge in [0, 0.05) is 29.8 Å². The number of rotatable bonds is 2. The van der Waals surface area contributed by atoms with E-state index < -0.39 is 6.10 Å². The first-order valence-corrected chi connectivity index (χ1v) is 8.44. The van der Waals surface area contributed by atoms with E-state index in [0.29, 0.717) is 36.8 Å². The number of fused-ring (bicyclic) bond motifs is 1. The SMILES string of the molecule is Cc1nc([C@@H]2CN(C(=O)c3ccc4ncccc4c3)CCO2)cc(=O)[nH]1. The largest absolute Gasteiger partial charge is 0.368 e. The standard InChI is InChI=1S/C19H18N4O3/c1-12-21-16(10-18(24)22-12)17-11-23(7-8-26-17)19(25)14-4-5-15-13(9-14)3-2-6-20-15/h2-6,9-10,17H,7-8,11H2,1H3,(H,21,22,24)/t17-/m0/s1. The summed E-state index contributed by atoms with van der Waals surface area (Å²) in [4.78, 5) is 37.6. The molecule has 2 aromatic heterocycles. The number of carbonyl (C=O) groups is 1. The second-order valence-electron chi connectivity index (χ2n) is 6.28. The Balaban J connectivity index is 1.58. The van der Waals surface area contributed by atoms with E-state index in [1.54, 1.807) is 24.1 Å². The van der Waals surface area contributed by atoms with Gasteiger partial charge in [0.1, 0.15) is 11.9 Å². The molecule has 0 spiro atoms. The zero-order valence-corrected chi connectivity index (χ0v) is 14.3. The van der Waals surface area contributed by atoms with Gasteiger partial charge in [-0.05, 0) is 31.2 Å². The number of nitrogens with zero attached hydrogens (tertiary/aromatic N) is 3. The van der Waals surface area contributed by atoms with Gasteiger partial charge >= 0.3 is 0 Å². The van der Waals surface area contributed by atoms with Gasteiger partial charge in [-0.25, -0.2) is 4.98 Å². The molecule has 0 radical (unpaired) electrons. The van der Waals surface area contributed by atoms with Crippen molar-refractivity contribution in [2.45, 2.75) is 13.0 Å². The molecule has 26 heavy (non-hydrogen) atoms. The lowest BCUT2D eigenvalue weighted by molar-refractivity contribution is -0.0248. The fourth-order valence-electron chi connectivity index (χ4n) is 3.17. The van der Waals surface area contributed by atoms with Gasteiger partial charge in [0.15, 0.2) is 0 Å². The van der Waals surface area contributed by atoms with E-state index >= 15 is 0 Å². The molecule has 1 atom stereocenters. The number of carbonyl (C=O) groups excluding carboxylic acids is 1. The summed E-state index contributed by atoms with van der Waals surface area (Å²) in [5, 5.41) is 0.926. The Hall–Kier alpha value is -3.06. The lowest BCUT2D eigenvalue weighted by Gasteiger charge is -2.32. The van der Waals surface area contributed by atoms with E-state index in [9.17, 15) is 9.59 Å². The van der Waals surface area contributed by atoms with Crippen molar-refractivity contribution >= 4 is 16.8 Å². The molecule has 0 aliphatic carbocycles. The molecule has 1 amide bonds. The van der Waals surface area contributed by atoms with E-state index in [2.05, 4.69) is 15.0 Å². The lowest BCUT2D eigenvalue weighted by Crippen LogP contribution is -2.42. The highest BCUT2D eigenvalue weighted by atomic mass is 16.5. The van der Waals surface area contributed by atoms with Gasteiger partial charge in [0.05, 0.1) is 24.4 Å². The predicted octanol–water partition coefficient (Wildman–Crippen LogP) is 1.84. The Morgan fingerprint density at radius 1 is 1.31 bits per heavy atom. The Bertz CT molecular complexity index is 1030. The van der Waals surface area contributed by atoms with Crippen molar-refractivity contribution in [2.24, 2.45) is 0 Å². The number of amides is 1. The third-order valence-electron chi connectivity index (χ3n) is 4.41. The number of ether oxygens (including phenoxy) is 1. The average Bonchev–Trinajstić information content (AvgIpc) is 2.66. The molecule has 3 heterocycles. The van der Waals surface area contributed by atoms with Crippen molar-refractivity contribution in [3.63, 3.8) is 0 Å². The van der Waals surface area contributed by atoms with E-state index in [4.69, 9.17) is 4.74 Å². The van der Waals surface area contributed by atoms with Crippen LogP contribution in [0.25, 0.3) is 10.9 Å². The molecule has 0 unspecified atom stereocenters. The minimum atomic E-state index is -0.407. The van der Waals surface area contributed by atoms with Gasteiger partial charge in [-0.3, -0.25) is 14.6 Å². The molecule has 0 bridgehead atoms. The number of aromatic nitrogens is 3. The quantitative estimate of drug-likeness (QED) is 0.762. The van der Waals surface area contributed by atoms with Gasteiger partial charge in [-0.15, -0.1) is 0 Å². The van der Waals surface area contributed by atoms with Crippen molar-refractivity contribution in [1.29, 1.82) is 0 Å². The van der Waals surface area contributed by atoms with Gasteiger partial charge in [0.25, 0.3) is 11.5 Å². The van der Waals surface area contributed by atoms with Crippen LogP contribution in [-0.4, -0.2) is 45.5 Å². The van der Waals surface area contributed by atoms with Gasteiger partial charge in [-0.2, -0.15) is 0 Å². The van der Waals surface area contributed by atoms with Crippen molar-refractivity contribution in [2.75, 3.05) is 19.7 Å². The van der Waals surface area contributed by atoms with Crippen LogP contribution in [-0.2, 0) is 4.74 Å². The monoisotopic (exact) mass is 350 g/mol. The predicted molar refractivity (Wildman–Crippen MR) is 95.9 cm³/mol. The van der Waals surface area contributed by atoms with Crippen LogP contribution in [0, 0.1) is 6.92 Å². The Morgan fingerprint density at radius 2 is 2.19 bits per heavy atom. The summed E-state index contributed by atoms with van der Waals surface area (Å²) in [6, 6.07) is 10.7. The Morgan fingerprint density at radius 3 is 3.04 bits per heavy atom. The highest BCUT2D eigenvalue weighted by molar-refractivity contribution is 5.98. The summed E-state index contributed by atoms with van der Waals surface area (Å²) < 4.78 is 5.74. The molecule has 1 aromatic carbocycles. The van der Waals surface area contributed by atoms with Gasteiger partial charge < -0.3 is 14.6 Å². The molecule has 0 saturated carbocycles. The smallest absolute Gasteiger partial charge is 0.254 e. The van der Waals surface area contributed by atoms with E-state index in [1.807, 2.05) is 24.3 Å². The van der Waals surface area contributed by atoms with Crippen molar-refractivity contribution in [3.8, 4) is 0 Å². The summed E-state index contributed by atoms with van der Waals surface area (Å²) in [6.45, 7) is 2.99. The number of H-pyrrole nitrogens is 1. The fraction of sp³-hybridized carbons (Fsp3) is 0.263. The maximum atomic E-state index is 12.9. The maximum absolute atomic E-state index is 12.9. The van der Waals surface area contributed by atoms with Gasteiger partial charge in [-0.1, -0.05) is 6.07 Å². The molecule has 1 aliphatic rings. The summed E-state index contributed by atoms with van der Waals surface area (Å²) in [7, 11) is 0. The fourth-order valence-corrected chi connectivity index (χ4v) is 3.17. The van der Waals surface area contributed by atoms with Crippen LogP contribution in [0.2, 0.25) is 0 Å². The van der Waals surface area contributed by atoms with E-state index in [1.165, 1.54) is 6.07 Å². The normalized spacial score (nSPS) is 17.4. The molecular weight excluding hydrogens is 332 g/mol. The molecule has 1 aliphatic heterocycles. The number of hydrogen-bond acceptors (Lipinski definition) is 5. The van der Waals surface area contributed by atoms with Crippen molar-refractivity contribution < 1.29 is 9.53 Å². The zero-order valence-electron chi connectivity index (χ0n) is 14.3. The van der Waals surface area contributed by atoms with Crippen molar-refractivity contribution in [3.05, 3.63) is 70.0 Å². The minimum Gasteiger partial charge on any atom is -0.368 e. The number of aryl methyl sites for hydroxylation is 1. The molecule has 1 saturated heterocycles. The van der Waals surface area contributed by atoms with Crippen LogP contribution < -0.4 is 5.56 Å². The molecule has 3 aromatic rings. The molecule has 4 rings (SSSR count). The number of hydrogen-bond donors (Lipinski definition) is 1. The van der Waals surface area contributed by atoms with Crippen LogP contribution in [0.1, 0.15) is 28.0 Å². The lowest BCUT2D eigenvalue weighted by atomic mass is 10.1. The third-order valence-corrected chi connectivity index (χ3v) is 4.41. The first-order valence-electron chi connectivity index (χ1n) is 8.44. The van der Waals surface area contributed by atoms with Crippen molar-refractivity contribution in [1.82, 2.24) is 19.9 Å². The summed E-state index contributed by atoms with van der Waals surface area (Å²) in [5.41, 5.74) is 1.79. The Kier molecular flexibility index (Phi) is 4.22. The number of morpholine rings is 1. The molecule has 132 valence electrons. The first-order chi connectivity index (χ1) is 12.6. The summed E-state index contributed by atoms with van der Waals surface area (Å²) >= 11 is 0. The van der Waals surface area contributed by atoms with Crippen LogP contribution >= 0.6 is 0 Å².